The summed E-state index contributed by atoms with van der Waals surface area (Å²) in [6.07, 6.45) is 0. The van der Waals surface area contributed by atoms with Crippen molar-refractivity contribution in [3.8, 4) is 67.1 Å². The topological polar surface area (TPSA) is 9.23 Å². The van der Waals surface area contributed by atoms with Gasteiger partial charge in [0.15, 0.2) is 0 Å². The minimum absolute atomic E-state index is 0.0768. The van der Waals surface area contributed by atoms with Gasteiger partial charge < -0.3 is 4.74 Å². The zero-order valence-electron chi connectivity index (χ0n) is 29.1. The summed E-state index contributed by atoms with van der Waals surface area (Å²) in [5.74, 6) is 1.81. The first-order valence-corrected chi connectivity index (χ1v) is 18.2. The summed E-state index contributed by atoms with van der Waals surface area (Å²) in [4.78, 5) is 0. The molecule has 0 saturated carbocycles. The van der Waals surface area contributed by atoms with E-state index in [1.807, 2.05) is 0 Å². The van der Waals surface area contributed by atoms with Crippen LogP contribution in [0.4, 0.5) is 0 Å². The smallest absolute Gasteiger partial charge is 0.135 e. The molecule has 11 rings (SSSR count). The monoisotopic (exact) mass is 662 g/mol. The second-order valence-electron chi connectivity index (χ2n) is 14.8. The van der Waals surface area contributed by atoms with Crippen molar-refractivity contribution in [2.45, 2.75) is 19.3 Å². The van der Waals surface area contributed by atoms with Crippen LogP contribution < -0.4 is 4.74 Å². The van der Waals surface area contributed by atoms with E-state index >= 15 is 0 Å². The van der Waals surface area contributed by atoms with E-state index in [4.69, 9.17) is 4.74 Å². The third-order valence-electron chi connectivity index (χ3n) is 11.7. The van der Waals surface area contributed by atoms with Crippen LogP contribution in [-0.4, -0.2) is 0 Å². The molecule has 9 aromatic rings. The van der Waals surface area contributed by atoms with E-state index in [9.17, 15) is 0 Å². The van der Waals surface area contributed by atoms with E-state index in [1.54, 1.807) is 0 Å². The van der Waals surface area contributed by atoms with E-state index in [1.165, 1.54) is 93.5 Å². The predicted molar refractivity (Wildman–Crippen MR) is 218 cm³/mol. The van der Waals surface area contributed by atoms with Crippen LogP contribution >= 0.6 is 0 Å². The second-order valence-corrected chi connectivity index (χ2v) is 14.8. The number of ether oxygens (including phenoxy) is 1. The first kappa shape index (κ1) is 29.3. The molecule has 0 atom stereocenters. The molecule has 0 fully saturated rings. The molecular weight excluding hydrogens is 629 g/mol. The lowest BCUT2D eigenvalue weighted by Crippen LogP contribution is -2.15. The molecule has 0 spiro atoms. The molecule has 1 heterocycles. The van der Waals surface area contributed by atoms with E-state index < -0.39 is 0 Å². The predicted octanol–water partition coefficient (Wildman–Crippen LogP) is 14.2. The van der Waals surface area contributed by atoms with E-state index in [2.05, 4.69) is 184 Å². The Kier molecular flexibility index (Phi) is 6.08. The molecule has 0 amide bonds. The zero-order chi connectivity index (χ0) is 34.6. The van der Waals surface area contributed by atoms with Crippen LogP contribution in [0.5, 0.6) is 11.5 Å². The highest BCUT2D eigenvalue weighted by Gasteiger charge is 2.37. The Labute approximate surface area is 303 Å². The lowest BCUT2D eigenvalue weighted by molar-refractivity contribution is 0.487. The van der Waals surface area contributed by atoms with Crippen LogP contribution in [-0.2, 0) is 5.41 Å². The summed E-state index contributed by atoms with van der Waals surface area (Å²) in [5.41, 5.74) is 15.2. The van der Waals surface area contributed by atoms with Crippen LogP contribution in [0.2, 0.25) is 0 Å². The van der Waals surface area contributed by atoms with Gasteiger partial charge in [0.05, 0.1) is 0 Å². The molecule has 1 aliphatic heterocycles. The molecule has 0 aromatic heterocycles. The maximum Gasteiger partial charge on any atom is 0.135 e. The zero-order valence-corrected chi connectivity index (χ0v) is 29.1. The largest absolute Gasteiger partial charge is 0.456 e. The van der Waals surface area contributed by atoms with Crippen molar-refractivity contribution in [2.24, 2.45) is 0 Å². The molecular formula is C51H34O. The van der Waals surface area contributed by atoms with Gasteiger partial charge in [-0.25, -0.2) is 0 Å². The Morgan fingerprint density at radius 1 is 0.365 bits per heavy atom. The number of benzene rings is 9. The van der Waals surface area contributed by atoms with E-state index in [0.29, 0.717) is 0 Å². The average Bonchev–Trinajstić information content (AvgIpc) is 3.43. The highest BCUT2D eigenvalue weighted by molar-refractivity contribution is 6.13. The van der Waals surface area contributed by atoms with Crippen LogP contribution in [0.25, 0.3) is 88.0 Å². The molecule has 0 bridgehead atoms. The van der Waals surface area contributed by atoms with Crippen molar-refractivity contribution in [3.05, 3.63) is 181 Å². The maximum absolute atomic E-state index is 6.57. The minimum Gasteiger partial charge on any atom is -0.456 e. The molecule has 0 N–H and O–H groups in total. The normalized spacial score (nSPS) is 13.5. The summed E-state index contributed by atoms with van der Waals surface area (Å²) >= 11 is 0. The van der Waals surface area contributed by atoms with Gasteiger partial charge in [-0.05, 0) is 118 Å². The van der Waals surface area contributed by atoms with Crippen molar-refractivity contribution in [3.63, 3.8) is 0 Å². The molecule has 0 saturated heterocycles. The number of rotatable bonds is 3. The maximum atomic E-state index is 6.57. The van der Waals surface area contributed by atoms with Gasteiger partial charge in [0, 0.05) is 16.4 Å². The highest BCUT2D eigenvalue weighted by Crippen LogP contribution is 2.54. The van der Waals surface area contributed by atoms with Gasteiger partial charge in [-0.3, -0.25) is 0 Å². The van der Waals surface area contributed by atoms with Crippen LogP contribution in [0.1, 0.15) is 25.0 Å². The molecule has 0 radical (unpaired) electrons. The lowest BCUT2D eigenvalue weighted by atomic mass is 9.80. The fraction of sp³-hybridized carbons (Fsp3) is 0.0588. The SMILES string of the molecule is CC1(C)c2ccccc2-c2c1cc(-c1cccc3cc(-c4ccc5c(c4)-c4cccc6c(-c7ccccc7)ccc(c46)O5)ccc13)c1ccccc21. The van der Waals surface area contributed by atoms with Crippen LogP contribution in [0, 0.1) is 0 Å². The van der Waals surface area contributed by atoms with Crippen molar-refractivity contribution >= 4 is 32.3 Å². The van der Waals surface area contributed by atoms with Crippen LogP contribution in [0.15, 0.2) is 170 Å². The van der Waals surface area contributed by atoms with E-state index in [-0.39, 0.29) is 5.41 Å². The van der Waals surface area contributed by atoms with E-state index in [0.717, 1.165) is 17.1 Å². The highest BCUT2D eigenvalue weighted by atomic mass is 16.5. The molecule has 2 aliphatic rings. The number of hydrogen-bond donors (Lipinski definition) is 0. The molecule has 244 valence electrons. The fourth-order valence-electron chi connectivity index (χ4n) is 9.15. The summed E-state index contributed by atoms with van der Waals surface area (Å²) in [5, 5.41) is 7.50. The van der Waals surface area contributed by atoms with Crippen molar-refractivity contribution < 1.29 is 4.74 Å². The average molecular weight is 663 g/mol. The fourth-order valence-corrected chi connectivity index (χ4v) is 9.15. The molecule has 0 unspecified atom stereocenters. The second kappa shape index (κ2) is 10.8. The Morgan fingerprint density at radius 2 is 1.06 bits per heavy atom. The van der Waals surface area contributed by atoms with Gasteiger partial charge >= 0.3 is 0 Å². The lowest BCUT2D eigenvalue weighted by Gasteiger charge is -2.23. The van der Waals surface area contributed by atoms with Gasteiger partial charge in [-0.15, -0.1) is 0 Å². The van der Waals surface area contributed by atoms with Crippen molar-refractivity contribution in [1.29, 1.82) is 0 Å². The van der Waals surface area contributed by atoms with Gasteiger partial charge in [-0.2, -0.15) is 0 Å². The summed E-state index contributed by atoms with van der Waals surface area (Å²) in [6.45, 7) is 4.74. The van der Waals surface area contributed by atoms with Gasteiger partial charge in [0.2, 0.25) is 0 Å². The van der Waals surface area contributed by atoms with Gasteiger partial charge in [-0.1, -0.05) is 153 Å². The Balaban J connectivity index is 1.04. The minimum atomic E-state index is -0.0768. The quantitative estimate of drug-likeness (QED) is 0.183. The Bertz CT molecular complexity index is 2950. The van der Waals surface area contributed by atoms with Gasteiger partial charge in [0.1, 0.15) is 11.5 Å². The summed E-state index contributed by atoms with van der Waals surface area (Å²) < 4.78 is 6.57. The molecule has 9 aromatic carbocycles. The summed E-state index contributed by atoms with van der Waals surface area (Å²) in [6, 6.07) is 62.3. The van der Waals surface area contributed by atoms with Crippen LogP contribution in [0.3, 0.4) is 0 Å². The molecule has 1 nitrogen and oxygen atoms in total. The summed E-state index contributed by atoms with van der Waals surface area (Å²) in [7, 11) is 0. The van der Waals surface area contributed by atoms with Crippen molar-refractivity contribution in [1.82, 2.24) is 0 Å². The van der Waals surface area contributed by atoms with Crippen molar-refractivity contribution in [2.75, 3.05) is 0 Å². The van der Waals surface area contributed by atoms with Gasteiger partial charge in [0.25, 0.3) is 0 Å². The first-order chi connectivity index (χ1) is 25.5. The standard InChI is InChI=1S/C51H34O/c1-51(2)45-21-9-8-17-42(45)49-40-16-7-6-15-38(40)43(30-46(49)51)37-18-10-14-34-28-32(22-24-36(34)37)33-23-26-47-44(29-33)41-20-11-19-39-35(31-12-4-3-5-13-31)25-27-48(52-47)50(39)41/h3-30H,1-2H3. The first-order valence-electron chi connectivity index (χ1n) is 18.2. The number of hydrogen-bond acceptors (Lipinski definition) is 1. The number of fused-ring (bicyclic) bond motifs is 8. The molecule has 52 heavy (non-hydrogen) atoms. The Morgan fingerprint density at radius 3 is 1.96 bits per heavy atom. The third-order valence-corrected chi connectivity index (χ3v) is 11.7. The molecule has 1 aliphatic carbocycles. The third kappa shape index (κ3) is 4.11. The molecule has 1 heteroatoms. The Hall–Kier alpha value is -6.44.